The summed E-state index contributed by atoms with van der Waals surface area (Å²) in [7, 11) is 0. The van der Waals surface area contributed by atoms with Gasteiger partial charge < -0.3 is 6.15 Å². The minimum atomic E-state index is 0. The Hall–Kier alpha value is -0.300. The number of rotatable bonds is 11. The maximum absolute atomic E-state index is 3.74. The summed E-state index contributed by atoms with van der Waals surface area (Å²) in [6.45, 7) is 6.01. The minimum absolute atomic E-state index is 0. The first kappa shape index (κ1) is 17.1. The summed E-state index contributed by atoms with van der Waals surface area (Å²) in [5.41, 5.74) is 0. The lowest BCUT2D eigenvalue weighted by Crippen LogP contribution is -1.81. The molecule has 0 saturated heterocycles. The summed E-state index contributed by atoms with van der Waals surface area (Å²) in [6, 6.07) is 0. The number of allylic oxidation sites excluding steroid dienone is 1. The summed E-state index contributed by atoms with van der Waals surface area (Å²) in [4.78, 5) is 0. The molecule has 0 amide bonds. The van der Waals surface area contributed by atoms with E-state index in [9.17, 15) is 0 Å². The van der Waals surface area contributed by atoms with Gasteiger partial charge in [-0.25, -0.2) is 0 Å². The molecule has 1 heteroatoms. The van der Waals surface area contributed by atoms with Crippen LogP contribution in [0, 0.1) is 0 Å². The molecule has 0 heterocycles. The molecule has 0 bridgehead atoms. The Balaban J connectivity index is 0. The third kappa shape index (κ3) is 16.4. The average molecular weight is 213 g/mol. The molecule has 0 saturated carbocycles. The summed E-state index contributed by atoms with van der Waals surface area (Å²) < 4.78 is 0. The number of unbranched alkanes of at least 4 members (excludes halogenated alkanes) is 10. The van der Waals surface area contributed by atoms with Gasteiger partial charge in [-0.15, -0.1) is 6.58 Å². The molecule has 0 spiro atoms. The van der Waals surface area contributed by atoms with Crippen LogP contribution in [0.15, 0.2) is 12.7 Å². The Labute approximate surface area is 96.9 Å². The third-order valence-corrected chi connectivity index (χ3v) is 2.76. The van der Waals surface area contributed by atoms with Gasteiger partial charge in [0.05, 0.1) is 0 Å². The third-order valence-electron chi connectivity index (χ3n) is 2.76. The summed E-state index contributed by atoms with van der Waals surface area (Å²) in [5, 5.41) is 0. The van der Waals surface area contributed by atoms with Crippen molar-refractivity contribution in [2.75, 3.05) is 0 Å². The van der Waals surface area contributed by atoms with Crippen LogP contribution in [0.1, 0.15) is 77.6 Å². The maximum Gasteiger partial charge on any atom is -0.0353 e. The van der Waals surface area contributed by atoms with Crippen LogP contribution in [0.4, 0.5) is 0 Å². The summed E-state index contributed by atoms with van der Waals surface area (Å²) in [5.74, 6) is 0. The molecule has 0 aromatic heterocycles. The van der Waals surface area contributed by atoms with Gasteiger partial charge >= 0.3 is 0 Å². The van der Waals surface area contributed by atoms with Crippen molar-refractivity contribution in [3.05, 3.63) is 12.7 Å². The van der Waals surface area contributed by atoms with Gasteiger partial charge in [-0.1, -0.05) is 70.8 Å². The Bertz CT molecular complexity index is 110. The predicted molar refractivity (Wildman–Crippen MR) is 71.7 cm³/mol. The van der Waals surface area contributed by atoms with Crippen molar-refractivity contribution in [1.82, 2.24) is 6.15 Å². The van der Waals surface area contributed by atoms with E-state index in [-0.39, 0.29) is 6.15 Å². The normalized spacial score (nSPS) is 9.67. The minimum Gasteiger partial charge on any atom is -0.344 e. The van der Waals surface area contributed by atoms with Gasteiger partial charge in [0.15, 0.2) is 0 Å². The molecule has 3 N–H and O–H groups in total. The van der Waals surface area contributed by atoms with Crippen LogP contribution in [0.2, 0.25) is 0 Å². The molecule has 0 fully saturated rings. The van der Waals surface area contributed by atoms with Crippen LogP contribution in [-0.4, -0.2) is 0 Å². The molecule has 0 aromatic carbocycles. The second kappa shape index (κ2) is 16.1. The van der Waals surface area contributed by atoms with E-state index in [1.807, 2.05) is 6.08 Å². The second-order valence-corrected chi connectivity index (χ2v) is 4.26. The Morgan fingerprint density at radius 2 is 1.13 bits per heavy atom. The van der Waals surface area contributed by atoms with Gasteiger partial charge in [-0.2, -0.15) is 0 Å². The molecule has 1 nitrogen and oxygen atoms in total. The smallest absolute Gasteiger partial charge is 0.0353 e. The average Bonchev–Trinajstić information content (AvgIpc) is 2.21. The first-order valence-corrected chi connectivity index (χ1v) is 6.52. The van der Waals surface area contributed by atoms with Gasteiger partial charge in [0.1, 0.15) is 0 Å². The molecule has 0 unspecified atom stereocenters. The van der Waals surface area contributed by atoms with Crippen LogP contribution >= 0.6 is 0 Å². The first-order chi connectivity index (χ1) is 6.91. The van der Waals surface area contributed by atoms with Crippen LogP contribution < -0.4 is 6.15 Å². The molecular formula is C14H31N. The van der Waals surface area contributed by atoms with Crippen molar-refractivity contribution in [2.45, 2.75) is 77.6 Å². The summed E-state index contributed by atoms with van der Waals surface area (Å²) >= 11 is 0. The zero-order valence-electron chi connectivity index (χ0n) is 10.8. The van der Waals surface area contributed by atoms with E-state index in [0.717, 1.165) is 0 Å². The standard InChI is InChI=1S/C14H28.H3N/c1-3-5-7-9-11-13-14-12-10-8-6-4-2;/h3H,1,4-14H2,2H3;1H3. The highest BCUT2D eigenvalue weighted by Gasteiger charge is 1.91. The fourth-order valence-corrected chi connectivity index (χ4v) is 1.78. The zero-order chi connectivity index (χ0) is 10.5. The monoisotopic (exact) mass is 213 g/mol. The van der Waals surface area contributed by atoms with E-state index < -0.39 is 0 Å². The lowest BCUT2D eigenvalue weighted by molar-refractivity contribution is 0.558. The van der Waals surface area contributed by atoms with E-state index in [1.54, 1.807) is 0 Å². The highest BCUT2D eigenvalue weighted by molar-refractivity contribution is 4.65. The van der Waals surface area contributed by atoms with Crippen molar-refractivity contribution in [3.8, 4) is 0 Å². The lowest BCUT2D eigenvalue weighted by atomic mass is 10.1. The fourth-order valence-electron chi connectivity index (χ4n) is 1.78. The topological polar surface area (TPSA) is 35.0 Å². The molecule has 0 aliphatic heterocycles. The number of hydrogen-bond donors (Lipinski definition) is 1. The molecule has 0 aromatic rings. The Morgan fingerprint density at radius 1 is 0.733 bits per heavy atom. The molecule has 0 aliphatic carbocycles. The van der Waals surface area contributed by atoms with E-state index >= 15 is 0 Å². The fraction of sp³-hybridized carbons (Fsp3) is 0.857. The SMILES string of the molecule is C=CCCCCCCCCCCCC.N. The zero-order valence-corrected chi connectivity index (χ0v) is 10.8. The van der Waals surface area contributed by atoms with Crippen LogP contribution in [0.3, 0.4) is 0 Å². The Morgan fingerprint density at radius 3 is 1.53 bits per heavy atom. The Kier molecular flexibility index (Phi) is 18.4. The second-order valence-electron chi connectivity index (χ2n) is 4.26. The molecule has 92 valence electrons. The van der Waals surface area contributed by atoms with E-state index in [4.69, 9.17) is 0 Å². The number of hydrogen-bond acceptors (Lipinski definition) is 1. The molecule has 0 aliphatic rings. The van der Waals surface area contributed by atoms with Gasteiger partial charge in [0, 0.05) is 0 Å². The highest BCUT2D eigenvalue weighted by Crippen LogP contribution is 2.11. The highest BCUT2D eigenvalue weighted by atomic mass is 14.0. The largest absolute Gasteiger partial charge is 0.344 e. The quantitative estimate of drug-likeness (QED) is 0.349. The summed E-state index contributed by atoms with van der Waals surface area (Å²) in [6.07, 6.45) is 17.5. The van der Waals surface area contributed by atoms with Gasteiger partial charge in [-0.3, -0.25) is 0 Å². The van der Waals surface area contributed by atoms with E-state index in [2.05, 4.69) is 13.5 Å². The maximum atomic E-state index is 3.74. The predicted octanol–water partition coefficient (Wildman–Crippen LogP) is 5.65. The first-order valence-electron chi connectivity index (χ1n) is 6.52. The van der Waals surface area contributed by atoms with Crippen molar-refractivity contribution < 1.29 is 0 Å². The van der Waals surface area contributed by atoms with Crippen molar-refractivity contribution in [2.24, 2.45) is 0 Å². The van der Waals surface area contributed by atoms with Crippen molar-refractivity contribution >= 4 is 0 Å². The molecule has 0 atom stereocenters. The van der Waals surface area contributed by atoms with Crippen LogP contribution in [0.25, 0.3) is 0 Å². The van der Waals surface area contributed by atoms with Crippen LogP contribution in [0.5, 0.6) is 0 Å². The lowest BCUT2D eigenvalue weighted by Gasteiger charge is -2.00. The molecule has 15 heavy (non-hydrogen) atoms. The molecule has 0 rings (SSSR count). The molecular weight excluding hydrogens is 182 g/mol. The van der Waals surface area contributed by atoms with Gasteiger partial charge in [-0.05, 0) is 12.8 Å². The van der Waals surface area contributed by atoms with Crippen molar-refractivity contribution in [1.29, 1.82) is 0 Å². The van der Waals surface area contributed by atoms with Crippen LogP contribution in [-0.2, 0) is 0 Å². The van der Waals surface area contributed by atoms with E-state index in [0.29, 0.717) is 0 Å². The molecule has 0 radical (unpaired) electrons. The van der Waals surface area contributed by atoms with Gasteiger partial charge in [0.2, 0.25) is 0 Å². The van der Waals surface area contributed by atoms with E-state index in [1.165, 1.54) is 70.6 Å². The van der Waals surface area contributed by atoms with Crippen molar-refractivity contribution in [3.63, 3.8) is 0 Å². The van der Waals surface area contributed by atoms with Gasteiger partial charge in [0.25, 0.3) is 0 Å².